The first kappa shape index (κ1) is 11.1. The number of benzene rings is 1. The van der Waals surface area contributed by atoms with Gasteiger partial charge in [-0.2, -0.15) is 0 Å². The van der Waals surface area contributed by atoms with E-state index in [-0.39, 0.29) is 17.8 Å². The monoisotopic (exact) mass is 286 g/mol. The van der Waals surface area contributed by atoms with E-state index >= 15 is 0 Å². The second-order valence-electron chi connectivity index (χ2n) is 3.13. The number of ether oxygens (including phenoxy) is 1. The van der Waals surface area contributed by atoms with E-state index in [4.69, 9.17) is 9.15 Å². The van der Waals surface area contributed by atoms with Gasteiger partial charge in [0.2, 0.25) is 5.76 Å². The van der Waals surface area contributed by atoms with E-state index < -0.39 is 11.8 Å². The predicted octanol–water partition coefficient (Wildman–Crippen LogP) is 3.51. The third-order valence-corrected chi connectivity index (χ3v) is 2.49. The highest BCUT2D eigenvalue weighted by Crippen LogP contribution is 2.26. The second-order valence-corrected chi connectivity index (χ2v) is 4.05. The third kappa shape index (κ3) is 1.95. The molecule has 16 heavy (non-hydrogen) atoms. The molecule has 0 saturated heterocycles. The standard InChI is InChI=1S/C11H8BrFO3/c1-2-15-11(14)10-5-7-8(13)3-6(12)4-9(7)16-10/h3-5H,2H2,1H3. The zero-order valence-corrected chi connectivity index (χ0v) is 10.0. The number of esters is 1. The van der Waals surface area contributed by atoms with Gasteiger partial charge >= 0.3 is 5.97 Å². The number of hydrogen-bond acceptors (Lipinski definition) is 3. The van der Waals surface area contributed by atoms with E-state index in [0.717, 1.165) is 0 Å². The van der Waals surface area contributed by atoms with Gasteiger partial charge in [-0.25, -0.2) is 9.18 Å². The molecule has 0 unspecified atom stereocenters. The molecule has 1 aromatic carbocycles. The van der Waals surface area contributed by atoms with Gasteiger partial charge in [-0.3, -0.25) is 0 Å². The molecule has 84 valence electrons. The summed E-state index contributed by atoms with van der Waals surface area (Å²) in [7, 11) is 0. The fourth-order valence-corrected chi connectivity index (χ4v) is 1.78. The number of furan rings is 1. The number of carbonyl (C=O) groups is 1. The maximum Gasteiger partial charge on any atom is 0.374 e. The molecule has 2 aromatic rings. The highest BCUT2D eigenvalue weighted by molar-refractivity contribution is 9.10. The highest BCUT2D eigenvalue weighted by Gasteiger charge is 2.15. The van der Waals surface area contributed by atoms with Crippen LogP contribution in [0.2, 0.25) is 0 Å². The van der Waals surface area contributed by atoms with Gasteiger partial charge in [0.15, 0.2) is 0 Å². The van der Waals surface area contributed by atoms with Crippen LogP contribution in [0, 0.1) is 5.82 Å². The van der Waals surface area contributed by atoms with Crippen molar-refractivity contribution in [3.63, 3.8) is 0 Å². The van der Waals surface area contributed by atoms with Crippen LogP contribution < -0.4 is 0 Å². The molecule has 1 aromatic heterocycles. The first-order valence-corrected chi connectivity index (χ1v) is 5.47. The molecule has 0 saturated carbocycles. The SMILES string of the molecule is CCOC(=O)c1cc2c(F)cc(Br)cc2o1. The Labute approximate surface area is 99.3 Å². The molecule has 0 N–H and O–H groups in total. The second kappa shape index (κ2) is 4.25. The normalized spacial score (nSPS) is 10.7. The third-order valence-electron chi connectivity index (χ3n) is 2.03. The lowest BCUT2D eigenvalue weighted by molar-refractivity contribution is 0.0492. The summed E-state index contributed by atoms with van der Waals surface area (Å²) < 4.78 is 24.0. The van der Waals surface area contributed by atoms with Gasteiger partial charge in [0.05, 0.1) is 12.0 Å². The predicted molar refractivity (Wildman–Crippen MR) is 59.8 cm³/mol. The smallest absolute Gasteiger partial charge is 0.374 e. The molecule has 3 nitrogen and oxygen atoms in total. The Bertz CT molecular complexity index is 547. The lowest BCUT2D eigenvalue weighted by Crippen LogP contribution is -2.02. The van der Waals surface area contributed by atoms with Gasteiger partial charge in [0.1, 0.15) is 11.4 Å². The number of halogens is 2. The van der Waals surface area contributed by atoms with Gasteiger partial charge in [-0.05, 0) is 19.1 Å². The van der Waals surface area contributed by atoms with Crippen LogP contribution in [-0.4, -0.2) is 12.6 Å². The summed E-state index contributed by atoms with van der Waals surface area (Å²) in [6.45, 7) is 1.94. The highest BCUT2D eigenvalue weighted by atomic mass is 79.9. The Kier molecular flexibility index (Phi) is 2.96. The van der Waals surface area contributed by atoms with Crippen LogP contribution in [0.25, 0.3) is 11.0 Å². The van der Waals surface area contributed by atoms with E-state index in [0.29, 0.717) is 10.1 Å². The molecule has 0 spiro atoms. The van der Waals surface area contributed by atoms with Crippen molar-refractivity contribution in [2.45, 2.75) is 6.92 Å². The lowest BCUT2D eigenvalue weighted by atomic mass is 10.2. The minimum absolute atomic E-state index is 0.00819. The molecule has 0 fully saturated rings. The minimum Gasteiger partial charge on any atom is -0.460 e. The van der Waals surface area contributed by atoms with Crippen molar-refractivity contribution in [3.8, 4) is 0 Å². The van der Waals surface area contributed by atoms with Crippen LogP contribution in [0.5, 0.6) is 0 Å². The summed E-state index contributed by atoms with van der Waals surface area (Å²) in [5, 5.41) is 0.270. The maximum atomic E-state index is 13.5. The minimum atomic E-state index is -0.589. The molecule has 0 aliphatic heterocycles. The van der Waals surface area contributed by atoms with Crippen molar-refractivity contribution in [1.29, 1.82) is 0 Å². The van der Waals surface area contributed by atoms with Gasteiger partial charge in [-0.1, -0.05) is 15.9 Å². The van der Waals surface area contributed by atoms with Crippen molar-refractivity contribution in [3.05, 3.63) is 34.2 Å². The topological polar surface area (TPSA) is 39.4 Å². The fraction of sp³-hybridized carbons (Fsp3) is 0.182. The van der Waals surface area contributed by atoms with Crippen LogP contribution in [0.15, 0.2) is 27.1 Å². The Morgan fingerprint density at radius 1 is 1.50 bits per heavy atom. The van der Waals surface area contributed by atoms with Crippen LogP contribution in [0.1, 0.15) is 17.5 Å². The molecule has 0 radical (unpaired) electrons. The van der Waals surface area contributed by atoms with E-state index in [9.17, 15) is 9.18 Å². The molecular weight excluding hydrogens is 279 g/mol. The number of rotatable bonds is 2. The van der Waals surface area contributed by atoms with Crippen LogP contribution in [-0.2, 0) is 4.74 Å². The van der Waals surface area contributed by atoms with Gasteiger partial charge in [0, 0.05) is 10.5 Å². The van der Waals surface area contributed by atoms with Gasteiger partial charge in [-0.15, -0.1) is 0 Å². The molecule has 2 rings (SSSR count). The zero-order valence-electron chi connectivity index (χ0n) is 8.42. The Balaban J connectivity index is 2.51. The molecule has 0 bridgehead atoms. The first-order chi connectivity index (χ1) is 7.61. The lowest BCUT2D eigenvalue weighted by Gasteiger charge is -1.95. The van der Waals surface area contributed by atoms with Crippen molar-refractivity contribution in [1.82, 2.24) is 0 Å². The first-order valence-electron chi connectivity index (χ1n) is 4.67. The average Bonchev–Trinajstić information content (AvgIpc) is 2.62. The Morgan fingerprint density at radius 3 is 2.94 bits per heavy atom. The average molecular weight is 287 g/mol. The summed E-state index contributed by atoms with van der Waals surface area (Å²) >= 11 is 3.14. The van der Waals surface area contributed by atoms with E-state index in [1.54, 1.807) is 13.0 Å². The fourth-order valence-electron chi connectivity index (χ4n) is 1.37. The molecular formula is C11H8BrFO3. The number of hydrogen-bond donors (Lipinski definition) is 0. The molecule has 0 amide bonds. The maximum absolute atomic E-state index is 13.5. The number of carbonyl (C=O) groups excluding carboxylic acids is 1. The summed E-state index contributed by atoms with van der Waals surface area (Å²) in [6.07, 6.45) is 0. The van der Waals surface area contributed by atoms with Crippen molar-refractivity contribution >= 4 is 32.9 Å². The van der Waals surface area contributed by atoms with Crippen LogP contribution in [0.3, 0.4) is 0 Å². The summed E-state index contributed by atoms with van der Waals surface area (Å²) in [6, 6.07) is 4.25. The Morgan fingerprint density at radius 2 is 2.25 bits per heavy atom. The zero-order chi connectivity index (χ0) is 11.7. The van der Waals surface area contributed by atoms with Crippen LogP contribution in [0.4, 0.5) is 4.39 Å². The van der Waals surface area contributed by atoms with Gasteiger partial charge in [0.25, 0.3) is 0 Å². The largest absolute Gasteiger partial charge is 0.460 e. The van der Waals surface area contributed by atoms with Crippen molar-refractivity contribution in [2.24, 2.45) is 0 Å². The molecule has 0 aliphatic carbocycles. The van der Waals surface area contributed by atoms with E-state index in [1.807, 2.05) is 0 Å². The summed E-state index contributed by atoms with van der Waals surface area (Å²) in [4.78, 5) is 11.4. The summed E-state index contributed by atoms with van der Waals surface area (Å²) in [5.41, 5.74) is 0.315. The van der Waals surface area contributed by atoms with Gasteiger partial charge < -0.3 is 9.15 Å². The van der Waals surface area contributed by atoms with Crippen molar-refractivity contribution in [2.75, 3.05) is 6.61 Å². The van der Waals surface area contributed by atoms with E-state index in [1.165, 1.54) is 12.1 Å². The van der Waals surface area contributed by atoms with E-state index in [2.05, 4.69) is 15.9 Å². The Hall–Kier alpha value is -1.36. The molecule has 5 heteroatoms. The molecule has 0 aliphatic rings. The quantitative estimate of drug-likeness (QED) is 0.793. The molecule has 1 heterocycles. The summed E-state index contributed by atoms with van der Waals surface area (Å²) in [5.74, 6) is -1.02. The van der Waals surface area contributed by atoms with Crippen LogP contribution >= 0.6 is 15.9 Å². The number of fused-ring (bicyclic) bond motifs is 1. The van der Waals surface area contributed by atoms with Crippen molar-refractivity contribution < 1.29 is 18.3 Å². The molecule has 0 atom stereocenters.